The summed E-state index contributed by atoms with van der Waals surface area (Å²) in [6.07, 6.45) is -0.0295. The Kier molecular flexibility index (Phi) is 4.70. The summed E-state index contributed by atoms with van der Waals surface area (Å²) in [5.41, 5.74) is 3.64. The molecule has 0 aliphatic carbocycles. The maximum Gasteiger partial charge on any atom is 0.312 e. The molecule has 0 atom stereocenters. The van der Waals surface area contributed by atoms with Gasteiger partial charge in [0.1, 0.15) is 5.69 Å². The highest BCUT2D eigenvalue weighted by atomic mass is 16.5. The highest BCUT2D eigenvalue weighted by molar-refractivity contribution is 5.99. The van der Waals surface area contributed by atoms with Crippen molar-refractivity contribution >= 4 is 22.7 Å². The fourth-order valence-corrected chi connectivity index (χ4v) is 3.05. The topological polar surface area (TPSA) is 74.3 Å². The van der Waals surface area contributed by atoms with Crippen LogP contribution in [0.25, 0.3) is 11.0 Å². The summed E-state index contributed by atoms with van der Waals surface area (Å²) in [4.78, 5) is 24.4. The number of fused-ring (bicyclic) bond motifs is 1. The van der Waals surface area contributed by atoms with Gasteiger partial charge in [-0.15, -0.1) is 0 Å². The number of hydrogen-bond donors (Lipinski definition) is 0. The molecule has 0 saturated carbocycles. The third kappa shape index (κ3) is 3.33. The van der Waals surface area contributed by atoms with E-state index in [-0.39, 0.29) is 18.8 Å². The Morgan fingerprint density at radius 2 is 2.00 bits per heavy atom. The second kappa shape index (κ2) is 6.93. The molecule has 6 heteroatoms. The molecule has 0 fully saturated rings. The van der Waals surface area contributed by atoms with Crippen LogP contribution in [0.1, 0.15) is 34.4 Å². The summed E-state index contributed by atoms with van der Waals surface area (Å²) in [5, 5.41) is 4.67. The minimum Gasteiger partial charge on any atom is -0.457 e. The molecule has 2 heterocycles. The molecular formula is C19H20N2O4. The van der Waals surface area contributed by atoms with Crippen LogP contribution in [0.3, 0.4) is 0 Å². The Hall–Kier alpha value is -2.89. The zero-order chi connectivity index (χ0) is 18.0. The van der Waals surface area contributed by atoms with E-state index in [9.17, 15) is 9.59 Å². The first-order chi connectivity index (χ1) is 12.0. The van der Waals surface area contributed by atoms with Crippen LogP contribution < -0.4 is 0 Å². The zero-order valence-corrected chi connectivity index (χ0v) is 14.5. The molecule has 6 nitrogen and oxygen atoms in total. The summed E-state index contributed by atoms with van der Waals surface area (Å²) in [5.74, 6) is -0.706. The van der Waals surface area contributed by atoms with Crippen molar-refractivity contribution in [3.8, 4) is 0 Å². The number of benzene rings is 1. The lowest BCUT2D eigenvalue weighted by molar-refractivity contribution is -0.141. The van der Waals surface area contributed by atoms with Crippen LogP contribution in [0.4, 0.5) is 0 Å². The van der Waals surface area contributed by atoms with Gasteiger partial charge in [0.2, 0.25) is 5.78 Å². The van der Waals surface area contributed by atoms with Crippen LogP contribution in [0.2, 0.25) is 0 Å². The van der Waals surface area contributed by atoms with Crippen LogP contribution in [-0.2, 0) is 22.5 Å². The van der Waals surface area contributed by atoms with E-state index in [1.54, 1.807) is 6.07 Å². The smallest absolute Gasteiger partial charge is 0.312 e. The molecule has 0 aliphatic rings. The first-order valence-corrected chi connectivity index (χ1v) is 8.20. The van der Waals surface area contributed by atoms with Gasteiger partial charge in [0.15, 0.2) is 12.2 Å². The minimum absolute atomic E-state index is 0.0295. The first kappa shape index (κ1) is 17.0. The maximum atomic E-state index is 12.3. The van der Waals surface area contributed by atoms with Crippen LogP contribution in [0.15, 0.2) is 34.9 Å². The fourth-order valence-electron chi connectivity index (χ4n) is 3.05. The number of carbonyl (C=O) groups excluding carboxylic acids is 2. The van der Waals surface area contributed by atoms with Gasteiger partial charge in [-0.1, -0.05) is 17.3 Å². The molecule has 0 bridgehead atoms. The number of ketones is 1. The number of aryl methyl sites for hydroxylation is 1. The van der Waals surface area contributed by atoms with Crippen LogP contribution >= 0.6 is 0 Å². The Morgan fingerprint density at radius 3 is 2.72 bits per heavy atom. The average Bonchev–Trinajstić information content (AvgIpc) is 3.13. The summed E-state index contributed by atoms with van der Waals surface area (Å²) in [6.45, 7) is 6.39. The number of carbonyl (C=O) groups is 2. The molecule has 0 saturated heterocycles. The molecule has 0 N–H and O–H groups in total. The highest BCUT2D eigenvalue weighted by Crippen LogP contribution is 2.19. The molecule has 0 amide bonds. The Morgan fingerprint density at radius 1 is 1.24 bits per heavy atom. The molecule has 25 heavy (non-hydrogen) atoms. The lowest BCUT2D eigenvalue weighted by atomic mass is 10.1. The molecular weight excluding hydrogens is 320 g/mol. The van der Waals surface area contributed by atoms with Gasteiger partial charge in [-0.25, -0.2) is 0 Å². The number of rotatable bonds is 6. The summed E-state index contributed by atoms with van der Waals surface area (Å²) < 4.78 is 12.4. The average molecular weight is 340 g/mol. The van der Waals surface area contributed by atoms with E-state index in [0.29, 0.717) is 16.8 Å². The quantitative estimate of drug-likeness (QED) is 0.509. The SMILES string of the molecule is CCn1c(C)cc(C(=O)COC(=O)Cc2noc3ccccc23)c1C. The number of esters is 1. The summed E-state index contributed by atoms with van der Waals surface area (Å²) in [6, 6.07) is 9.13. The van der Waals surface area contributed by atoms with Crippen molar-refractivity contribution in [3.63, 3.8) is 0 Å². The van der Waals surface area contributed by atoms with Gasteiger partial charge < -0.3 is 13.8 Å². The van der Waals surface area contributed by atoms with Crippen molar-refractivity contribution in [1.82, 2.24) is 9.72 Å². The van der Waals surface area contributed by atoms with Crippen LogP contribution in [0.5, 0.6) is 0 Å². The highest BCUT2D eigenvalue weighted by Gasteiger charge is 2.18. The van der Waals surface area contributed by atoms with E-state index < -0.39 is 5.97 Å². The van der Waals surface area contributed by atoms with Crippen molar-refractivity contribution in [1.29, 1.82) is 0 Å². The van der Waals surface area contributed by atoms with Crippen LogP contribution in [0, 0.1) is 13.8 Å². The molecule has 0 spiro atoms. The molecule has 0 unspecified atom stereocenters. The normalized spacial score (nSPS) is 11.0. The summed E-state index contributed by atoms with van der Waals surface area (Å²) >= 11 is 0. The molecule has 0 radical (unpaired) electrons. The van der Waals surface area contributed by atoms with Gasteiger partial charge in [0.25, 0.3) is 0 Å². The predicted octanol–water partition coefficient (Wildman–Crippen LogP) is 3.23. The van der Waals surface area contributed by atoms with Crippen molar-refractivity contribution < 1.29 is 18.8 Å². The monoisotopic (exact) mass is 340 g/mol. The van der Waals surface area contributed by atoms with Gasteiger partial charge in [0, 0.05) is 28.9 Å². The van der Waals surface area contributed by atoms with Crippen molar-refractivity contribution in [2.24, 2.45) is 0 Å². The second-order valence-electron chi connectivity index (χ2n) is 5.92. The third-order valence-electron chi connectivity index (χ3n) is 4.32. The van der Waals surface area contributed by atoms with E-state index in [0.717, 1.165) is 23.3 Å². The lowest BCUT2D eigenvalue weighted by Crippen LogP contribution is -2.16. The van der Waals surface area contributed by atoms with Gasteiger partial charge >= 0.3 is 5.97 Å². The Bertz CT molecular complexity index is 936. The molecule has 0 aliphatic heterocycles. The standard InChI is InChI=1S/C19H20N2O4/c1-4-21-12(2)9-15(13(21)3)17(22)11-24-19(23)10-16-14-7-5-6-8-18(14)25-20-16/h5-9H,4,10-11H2,1-3H3. The molecule has 3 aromatic rings. The van der Waals surface area contributed by atoms with Crippen molar-refractivity contribution in [2.75, 3.05) is 6.61 Å². The zero-order valence-electron chi connectivity index (χ0n) is 14.5. The number of ether oxygens (including phenoxy) is 1. The van der Waals surface area contributed by atoms with Gasteiger partial charge in [-0.3, -0.25) is 9.59 Å². The molecule has 1 aromatic carbocycles. The van der Waals surface area contributed by atoms with Gasteiger partial charge in [0.05, 0.1) is 6.42 Å². The lowest BCUT2D eigenvalue weighted by Gasteiger charge is -2.06. The van der Waals surface area contributed by atoms with E-state index >= 15 is 0 Å². The summed E-state index contributed by atoms with van der Waals surface area (Å²) in [7, 11) is 0. The largest absolute Gasteiger partial charge is 0.457 e. The van der Waals surface area contributed by atoms with E-state index in [4.69, 9.17) is 9.26 Å². The number of para-hydroxylation sites is 1. The molecule has 130 valence electrons. The van der Waals surface area contributed by atoms with Crippen molar-refractivity contribution in [2.45, 2.75) is 33.7 Å². The minimum atomic E-state index is -0.503. The maximum absolute atomic E-state index is 12.3. The third-order valence-corrected chi connectivity index (χ3v) is 4.32. The van der Waals surface area contributed by atoms with Gasteiger partial charge in [-0.05, 0) is 39.0 Å². The molecule has 3 rings (SSSR count). The van der Waals surface area contributed by atoms with Crippen LogP contribution in [-0.4, -0.2) is 28.1 Å². The Balaban J connectivity index is 1.63. The number of nitrogens with zero attached hydrogens (tertiary/aromatic N) is 2. The van der Waals surface area contributed by atoms with E-state index in [2.05, 4.69) is 9.72 Å². The molecule has 2 aromatic heterocycles. The van der Waals surface area contributed by atoms with Gasteiger partial charge in [-0.2, -0.15) is 0 Å². The number of hydrogen-bond acceptors (Lipinski definition) is 5. The predicted molar refractivity (Wildman–Crippen MR) is 92.6 cm³/mol. The van der Waals surface area contributed by atoms with E-state index in [1.807, 2.05) is 45.0 Å². The van der Waals surface area contributed by atoms with Crippen molar-refractivity contribution in [3.05, 3.63) is 53.0 Å². The first-order valence-electron chi connectivity index (χ1n) is 8.20. The second-order valence-corrected chi connectivity index (χ2v) is 5.92. The van der Waals surface area contributed by atoms with E-state index in [1.165, 1.54) is 0 Å². The Labute approximate surface area is 145 Å². The number of aromatic nitrogens is 2. The fraction of sp³-hybridized carbons (Fsp3) is 0.316. The number of Topliss-reactive ketones (excluding diaryl/α,β-unsaturated/α-hetero) is 1.